The van der Waals surface area contributed by atoms with E-state index < -0.39 is 10.0 Å². The first-order valence-electron chi connectivity index (χ1n) is 11.2. The van der Waals surface area contributed by atoms with Crippen molar-refractivity contribution in [3.8, 4) is 5.75 Å². The molecule has 0 saturated heterocycles. The zero-order chi connectivity index (χ0) is 24.4. The molecule has 0 bridgehead atoms. The molecule has 3 aromatic carbocycles. The summed E-state index contributed by atoms with van der Waals surface area (Å²) < 4.78 is 38.8. The van der Waals surface area contributed by atoms with Crippen molar-refractivity contribution in [1.29, 1.82) is 0 Å². The minimum absolute atomic E-state index is 0.00386. The summed E-state index contributed by atoms with van der Waals surface area (Å²) in [4.78, 5) is 12.5. The SMILES string of the molecule is CCOc1ccc(S(=O)(=O)Nc2ccc(C(=O)NCCCOC(C)c3ccccc3)cc2)cc1. The second-order valence-corrected chi connectivity index (χ2v) is 9.30. The Labute approximate surface area is 201 Å². The normalized spacial score (nSPS) is 12.1. The molecular formula is C26H30N2O5S. The van der Waals surface area contributed by atoms with Gasteiger partial charge in [-0.15, -0.1) is 0 Å². The van der Waals surface area contributed by atoms with Crippen molar-refractivity contribution in [2.24, 2.45) is 0 Å². The van der Waals surface area contributed by atoms with Crippen molar-refractivity contribution >= 4 is 21.6 Å². The largest absolute Gasteiger partial charge is 0.494 e. The summed E-state index contributed by atoms with van der Waals surface area (Å²) in [5.41, 5.74) is 1.93. The Bertz CT molecular complexity index is 1150. The molecule has 34 heavy (non-hydrogen) atoms. The lowest BCUT2D eigenvalue weighted by Crippen LogP contribution is -2.25. The molecule has 7 nitrogen and oxygen atoms in total. The fraction of sp³-hybridized carbons (Fsp3) is 0.269. The monoisotopic (exact) mass is 482 g/mol. The van der Waals surface area contributed by atoms with Gasteiger partial charge in [-0.3, -0.25) is 9.52 Å². The standard InChI is InChI=1S/C26H30N2O5S/c1-3-32-24-14-16-25(17-15-24)34(30,31)28-23-12-10-22(11-13-23)26(29)27-18-7-19-33-20(2)21-8-5-4-6-9-21/h4-6,8-17,20,28H,3,7,18-19H2,1-2H3,(H,27,29). The molecule has 180 valence electrons. The number of anilines is 1. The van der Waals surface area contributed by atoms with Crippen molar-refractivity contribution < 1.29 is 22.7 Å². The number of hydrogen-bond donors (Lipinski definition) is 2. The smallest absolute Gasteiger partial charge is 0.261 e. The van der Waals surface area contributed by atoms with E-state index >= 15 is 0 Å². The highest BCUT2D eigenvalue weighted by molar-refractivity contribution is 7.92. The summed E-state index contributed by atoms with van der Waals surface area (Å²) in [6.07, 6.45) is 0.680. The van der Waals surface area contributed by atoms with Gasteiger partial charge in [0.25, 0.3) is 15.9 Å². The first-order valence-corrected chi connectivity index (χ1v) is 12.7. The van der Waals surface area contributed by atoms with Gasteiger partial charge in [-0.05, 0) is 74.4 Å². The van der Waals surface area contributed by atoms with Gasteiger partial charge >= 0.3 is 0 Å². The van der Waals surface area contributed by atoms with Crippen LogP contribution in [0.3, 0.4) is 0 Å². The fourth-order valence-corrected chi connectivity index (χ4v) is 4.30. The van der Waals surface area contributed by atoms with Crippen LogP contribution in [0, 0.1) is 0 Å². The highest BCUT2D eigenvalue weighted by atomic mass is 32.2. The van der Waals surface area contributed by atoms with Crippen LogP contribution < -0.4 is 14.8 Å². The van der Waals surface area contributed by atoms with Gasteiger partial charge in [0.15, 0.2) is 0 Å². The van der Waals surface area contributed by atoms with Crippen molar-refractivity contribution in [3.63, 3.8) is 0 Å². The minimum Gasteiger partial charge on any atom is -0.494 e. The summed E-state index contributed by atoms with van der Waals surface area (Å²) in [6.45, 7) is 5.37. The lowest BCUT2D eigenvalue weighted by atomic mass is 10.1. The molecule has 1 unspecified atom stereocenters. The average Bonchev–Trinajstić information content (AvgIpc) is 2.85. The molecule has 0 aliphatic heterocycles. The zero-order valence-corrected chi connectivity index (χ0v) is 20.2. The third-order valence-corrected chi connectivity index (χ3v) is 6.49. The average molecular weight is 483 g/mol. The van der Waals surface area contributed by atoms with E-state index in [1.807, 2.05) is 44.2 Å². The fourth-order valence-electron chi connectivity index (χ4n) is 3.24. The molecule has 0 spiro atoms. The van der Waals surface area contributed by atoms with Crippen LogP contribution in [0.2, 0.25) is 0 Å². The van der Waals surface area contributed by atoms with Gasteiger partial charge in [0.1, 0.15) is 5.75 Å². The van der Waals surface area contributed by atoms with E-state index in [9.17, 15) is 13.2 Å². The Morgan fingerprint density at radius 1 is 0.941 bits per heavy atom. The summed E-state index contributed by atoms with van der Waals surface area (Å²) in [5, 5.41) is 2.85. The van der Waals surface area contributed by atoms with E-state index in [2.05, 4.69) is 10.0 Å². The van der Waals surface area contributed by atoms with Crippen LogP contribution in [0.5, 0.6) is 5.75 Å². The quantitative estimate of drug-likeness (QED) is 0.362. The molecule has 2 N–H and O–H groups in total. The Balaban J connectivity index is 1.44. The zero-order valence-electron chi connectivity index (χ0n) is 19.4. The second-order valence-electron chi connectivity index (χ2n) is 7.62. The predicted molar refractivity (Wildman–Crippen MR) is 133 cm³/mol. The van der Waals surface area contributed by atoms with E-state index in [0.29, 0.717) is 43.2 Å². The summed E-state index contributed by atoms with van der Waals surface area (Å²) >= 11 is 0. The van der Waals surface area contributed by atoms with Crippen molar-refractivity contribution in [2.75, 3.05) is 24.5 Å². The molecule has 0 fully saturated rings. The number of sulfonamides is 1. The Morgan fingerprint density at radius 3 is 2.26 bits per heavy atom. The van der Waals surface area contributed by atoms with Crippen molar-refractivity contribution in [2.45, 2.75) is 31.3 Å². The second kappa shape index (κ2) is 12.2. The van der Waals surface area contributed by atoms with Gasteiger partial charge in [0.05, 0.1) is 17.6 Å². The lowest BCUT2D eigenvalue weighted by molar-refractivity contribution is 0.0635. The number of rotatable bonds is 12. The molecule has 0 radical (unpaired) electrons. The van der Waals surface area contributed by atoms with Gasteiger partial charge in [0, 0.05) is 24.4 Å². The molecule has 0 aliphatic rings. The third-order valence-electron chi connectivity index (χ3n) is 5.09. The van der Waals surface area contributed by atoms with Crippen molar-refractivity contribution in [3.05, 3.63) is 90.0 Å². The number of carbonyl (C=O) groups excluding carboxylic acids is 1. The first kappa shape index (κ1) is 25.3. The van der Waals surface area contributed by atoms with Crippen molar-refractivity contribution in [1.82, 2.24) is 5.32 Å². The summed E-state index contributed by atoms with van der Waals surface area (Å²) in [7, 11) is -3.75. The minimum atomic E-state index is -3.75. The molecule has 1 amide bonds. The number of benzene rings is 3. The molecule has 0 aliphatic carbocycles. The molecule has 1 atom stereocenters. The van der Waals surface area contributed by atoms with Crippen LogP contribution >= 0.6 is 0 Å². The van der Waals surface area contributed by atoms with E-state index in [1.54, 1.807) is 36.4 Å². The van der Waals surface area contributed by atoms with Gasteiger partial charge in [-0.2, -0.15) is 0 Å². The maximum Gasteiger partial charge on any atom is 0.261 e. The number of amides is 1. The van der Waals surface area contributed by atoms with Crippen LogP contribution in [-0.4, -0.2) is 34.1 Å². The highest BCUT2D eigenvalue weighted by Crippen LogP contribution is 2.20. The van der Waals surface area contributed by atoms with Gasteiger partial charge in [-0.25, -0.2) is 8.42 Å². The summed E-state index contributed by atoms with van der Waals surface area (Å²) in [6, 6.07) is 22.4. The van der Waals surface area contributed by atoms with E-state index in [1.165, 1.54) is 12.1 Å². The maximum absolute atomic E-state index is 12.6. The molecule has 0 saturated carbocycles. The Kier molecular flexibility index (Phi) is 9.07. The number of hydrogen-bond acceptors (Lipinski definition) is 5. The van der Waals surface area contributed by atoms with E-state index in [4.69, 9.17) is 9.47 Å². The number of ether oxygens (including phenoxy) is 2. The van der Waals surface area contributed by atoms with Gasteiger partial charge in [0.2, 0.25) is 0 Å². The van der Waals surface area contributed by atoms with Crippen LogP contribution in [-0.2, 0) is 14.8 Å². The van der Waals surface area contributed by atoms with Crippen LogP contribution in [0.4, 0.5) is 5.69 Å². The topological polar surface area (TPSA) is 93.7 Å². The summed E-state index contributed by atoms with van der Waals surface area (Å²) in [5.74, 6) is 0.381. The molecule has 0 heterocycles. The maximum atomic E-state index is 12.6. The lowest BCUT2D eigenvalue weighted by Gasteiger charge is -2.13. The molecule has 3 aromatic rings. The number of nitrogens with one attached hydrogen (secondary N) is 2. The molecule has 8 heteroatoms. The molecular weight excluding hydrogens is 452 g/mol. The molecule has 3 rings (SSSR count). The van der Waals surface area contributed by atoms with Gasteiger partial charge < -0.3 is 14.8 Å². The Morgan fingerprint density at radius 2 is 1.62 bits per heavy atom. The van der Waals surface area contributed by atoms with E-state index in [-0.39, 0.29) is 16.9 Å². The predicted octanol–water partition coefficient (Wildman–Crippen LogP) is 4.78. The van der Waals surface area contributed by atoms with E-state index in [0.717, 1.165) is 5.56 Å². The number of carbonyl (C=O) groups is 1. The van der Waals surface area contributed by atoms with Crippen LogP contribution in [0.1, 0.15) is 42.3 Å². The molecule has 0 aromatic heterocycles. The van der Waals surface area contributed by atoms with Crippen LogP contribution in [0.25, 0.3) is 0 Å². The first-order chi connectivity index (χ1) is 16.4. The Hall–Kier alpha value is -3.36. The van der Waals surface area contributed by atoms with Crippen LogP contribution in [0.15, 0.2) is 83.8 Å². The highest BCUT2D eigenvalue weighted by Gasteiger charge is 2.15. The third kappa shape index (κ3) is 7.33. The van der Waals surface area contributed by atoms with Gasteiger partial charge in [-0.1, -0.05) is 30.3 Å².